The maximum atomic E-state index is 12.3. The molecule has 1 aliphatic heterocycles. The standard InChI is InChI=1S/C18H28BNO4S/c1-6-25(21,22)14-9-10-16(20-12-13-7-8-13)15(11-14)19-23-17(2,3)18(4,5)24-19/h9-11,13,20H,6-8,12H2,1-5H3. The Labute approximate surface area is 151 Å². The maximum absolute atomic E-state index is 12.3. The van der Waals surface area contributed by atoms with Crippen LogP contribution in [0.1, 0.15) is 47.5 Å². The van der Waals surface area contributed by atoms with Gasteiger partial charge in [-0.25, -0.2) is 8.42 Å². The minimum Gasteiger partial charge on any atom is -0.399 e. The lowest BCUT2D eigenvalue weighted by Crippen LogP contribution is -2.41. The molecular formula is C18H28BNO4S. The van der Waals surface area contributed by atoms with Gasteiger partial charge in [-0.3, -0.25) is 0 Å². The number of benzene rings is 1. The van der Waals surface area contributed by atoms with E-state index in [0.717, 1.165) is 17.7 Å². The van der Waals surface area contributed by atoms with Crippen LogP contribution in [-0.2, 0) is 19.1 Å². The number of anilines is 1. The van der Waals surface area contributed by atoms with Crippen LogP contribution in [0.3, 0.4) is 0 Å². The van der Waals surface area contributed by atoms with Crippen LogP contribution in [0, 0.1) is 5.92 Å². The van der Waals surface area contributed by atoms with E-state index in [1.165, 1.54) is 12.8 Å². The molecule has 1 saturated heterocycles. The summed E-state index contributed by atoms with van der Waals surface area (Å²) in [4.78, 5) is 0.316. The molecule has 0 aromatic heterocycles. The molecule has 138 valence electrons. The zero-order chi connectivity index (χ0) is 18.5. The molecule has 1 saturated carbocycles. The van der Waals surface area contributed by atoms with Crippen molar-refractivity contribution in [3.05, 3.63) is 18.2 Å². The van der Waals surface area contributed by atoms with Crippen LogP contribution in [0.25, 0.3) is 0 Å². The molecular weight excluding hydrogens is 337 g/mol. The Morgan fingerprint density at radius 2 is 1.76 bits per heavy atom. The highest BCUT2D eigenvalue weighted by Crippen LogP contribution is 2.37. The molecule has 2 aliphatic rings. The van der Waals surface area contributed by atoms with Crippen molar-refractivity contribution in [1.82, 2.24) is 0 Å². The highest BCUT2D eigenvalue weighted by Gasteiger charge is 2.52. The van der Waals surface area contributed by atoms with Gasteiger partial charge in [-0.15, -0.1) is 0 Å². The minimum atomic E-state index is -3.28. The Hall–Kier alpha value is -1.05. The van der Waals surface area contributed by atoms with Crippen molar-refractivity contribution < 1.29 is 17.7 Å². The highest BCUT2D eigenvalue weighted by molar-refractivity contribution is 7.91. The summed E-state index contributed by atoms with van der Waals surface area (Å²) in [6, 6.07) is 5.21. The zero-order valence-electron chi connectivity index (χ0n) is 15.8. The second-order valence-electron chi connectivity index (χ2n) is 8.07. The quantitative estimate of drug-likeness (QED) is 0.785. The van der Waals surface area contributed by atoms with Crippen molar-refractivity contribution in [2.75, 3.05) is 17.6 Å². The summed E-state index contributed by atoms with van der Waals surface area (Å²) in [6.45, 7) is 10.5. The molecule has 0 atom stereocenters. The van der Waals surface area contributed by atoms with Crippen molar-refractivity contribution in [2.45, 2.75) is 63.6 Å². The Kier molecular flexibility index (Phi) is 4.71. The van der Waals surface area contributed by atoms with Gasteiger partial charge in [-0.1, -0.05) is 6.92 Å². The third-order valence-corrected chi connectivity index (χ3v) is 7.28. The highest BCUT2D eigenvalue weighted by atomic mass is 32.2. The van der Waals surface area contributed by atoms with Gasteiger partial charge >= 0.3 is 7.12 Å². The molecule has 0 radical (unpaired) electrons. The lowest BCUT2D eigenvalue weighted by Gasteiger charge is -2.32. The molecule has 0 unspecified atom stereocenters. The summed E-state index contributed by atoms with van der Waals surface area (Å²) in [5, 5.41) is 3.45. The summed E-state index contributed by atoms with van der Waals surface area (Å²) in [5.41, 5.74) is 0.713. The lowest BCUT2D eigenvalue weighted by atomic mass is 9.77. The SMILES string of the molecule is CCS(=O)(=O)c1ccc(NCC2CC2)c(B2OC(C)(C)C(C)(C)O2)c1. The molecule has 1 aromatic rings. The fraction of sp³-hybridized carbons (Fsp3) is 0.667. The smallest absolute Gasteiger partial charge is 0.399 e. The monoisotopic (exact) mass is 365 g/mol. The normalized spacial score (nSPS) is 22.2. The van der Waals surface area contributed by atoms with Crippen molar-refractivity contribution >= 4 is 28.1 Å². The molecule has 7 heteroatoms. The third kappa shape index (κ3) is 3.73. The van der Waals surface area contributed by atoms with Crippen molar-refractivity contribution in [1.29, 1.82) is 0 Å². The molecule has 2 fully saturated rings. The second-order valence-corrected chi connectivity index (χ2v) is 10.3. The summed E-state index contributed by atoms with van der Waals surface area (Å²) < 4.78 is 36.9. The molecule has 0 amide bonds. The number of hydrogen-bond donors (Lipinski definition) is 1. The van der Waals surface area contributed by atoms with Crippen LogP contribution in [0.4, 0.5) is 5.69 Å². The van der Waals surface area contributed by atoms with Gasteiger partial charge in [-0.05, 0) is 64.7 Å². The predicted molar refractivity (Wildman–Crippen MR) is 101 cm³/mol. The summed E-state index contributed by atoms with van der Waals surface area (Å²) in [7, 11) is -3.87. The van der Waals surface area contributed by atoms with Crippen LogP contribution in [0.2, 0.25) is 0 Å². The maximum Gasteiger partial charge on any atom is 0.497 e. The molecule has 1 aliphatic carbocycles. The molecule has 5 nitrogen and oxygen atoms in total. The van der Waals surface area contributed by atoms with Crippen LogP contribution in [-0.4, -0.2) is 39.0 Å². The van der Waals surface area contributed by atoms with E-state index >= 15 is 0 Å². The Morgan fingerprint density at radius 1 is 1.16 bits per heavy atom. The molecule has 25 heavy (non-hydrogen) atoms. The first-order chi connectivity index (χ1) is 11.6. The van der Waals surface area contributed by atoms with E-state index in [1.54, 1.807) is 19.1 Å². The topological polar surface area (TPSA) is 64.6 Å². The van der Waals surface area contributed by atoms with Gasteiger partial charge in [0, 0.05) is 17.7 Å². The van der Waals surface area contributed by atoms with E-state index in [9.17, 15) is 8.42 Å². The van der Waals surface area contributed by atoms with E-state index < -0.39 is 28.2 Å². The van der Waals surface area contributed by atoms with E-state index in [-0.39, 0.29) is 5.75 Å². The van der Waals surface area contributed by atoms with Gasteiger partial charge in [-0.2, -0.15) is 0 Å². The number of sulfone groups is 1. The van der Waals surface area contributed by atoms with E-state index in [2.05, 4.69) is 5.32 Å². The van der Waals surface area contributed by atoms with Gasteiger partial charge < -0.3 is 14.6 Å². The average Bonchev–Trinajstić information content (AvgIpc) is 3.32. The van der Waals surface area contributed by atoms with E-state index in [0.29, 0.717) is 10.8 Å². The van der Waals surface area contributed by atoms with Crippen molar-refractivity contribution in [3.8, 4) is 0 Å². The summed E-state index contributed by atoms with van der Waals surface area (Å²) in [5.74, 6) is 0.787. The fourth-order valence-electron chi connectivity index (χ4n) is 2.80. The Morgan fingerprint density at radius 3 is 2.28 bits per heavy atom. The molecule has 3 rings (SSSR count). The summed E-state index contributed by atoms with van der Waals surface area (Å²) in [6.07, 6.45) is 2.50. The van der Waals surface area contributed by atoms with Crippen LogP contribution >= 0.6 is 0 Å². The van der Waals surface area contributed by atoms with Crippen LogP contribution in [0.15, 0.2) is 23.1 Å². The second kappa shape index (κ2) is 6.29. The Bertz CT molecular complexity index is 740. The van der Waals surface area contributed by atoms with Gasteiger partial charge in [0.25, 0.3) is 0 Å². The fourth-order valence-corrected chi connectivity index (χ4v) is 3.72. The van der Waals surface area contributed by atoms with E-state index in [4.69, 9.17) is 9.31 Å². The third-order valence-electron chi connectivity index (χ3n) is 5.55. The molecule has 1 heterocycles. The van der Waals surface area contributed by atoms with Gasteiger partial charge in [0.15, 0.2) is 9.84 Å². The molecule has 0 bridgehead atoms. The first-order valence-corrected chi connectivity index (χ1v) is 10.7. The molecule has 0 spiro atoms. The first kappa shape index (κ1) is 18.7. The van der Waals surface area contributed by atoms with Gasteiger partial charge in [0.05, 0.1) is 21.9 Å². The van der Waals surface area contributed by atoms with Crippen LogP contribution in [0.5, 0.6) is 0 Å². The largest absolute Gasteiger partial charge is 0.497 e. The Balaban J connectivity index is 1.97. The minimum absolute atomic E-state index is 0.0741. The zero-order valence-corrected chi connectivity index (χ0v) is 16.6. The average molecular weight is 365 g/mol. The molecule has 1 aromatic carbocycles. The van der Waals surface area contributed by atoms with E-state index in [1.807, 2.05) is 33.8 Å². The lowest BCUT2D eigenvalue weighted by molar-refractivity contribution is 0.00578. The first-order valence-electron chi connectivity index (χ1n) is 9.02. The summed E-state index contributed by atoms with van der Waals surface area (Å²) >= 11 is 0. The number of hydrogen-bond acceptors (Lipinski definition) is 5. The van der Waals surface area contributed by atoms with Crippen molar-refractivity contribution in [3.63, 3.8) is 0 Å². The predicted octanol–water partition coefficient (Wildman–Crippen LogP) is 2.60. The molecule has 1 N–H and O–H groups in total. The van der Waals surface area contributed by atoms with Crippen molar-refractivity contribution in [2.24, 2.45) is 5.92 Å². The number of rotatable bonds is 6. The van der Waals surface area contributed by atoms with Crippen LogP contribution < -0.4 is 10.8 Å². The van der Waals surface area contributed by atoms with Gasteiger partial charge in [0.2, 0.25) is 0 Å². The van der Waals surface area contributed by atoms with Gasteiger partial charge in [0.1, 0.15) is 0 Å². The number of nitrogens with one attached hydrogen (secondary N) is 1.